The number of rotatable bonds is 5. The molecule has 0 bridgehead atoms. The van der Waals surface area contributed by atoms with Crippen LogP contribution in [0.25, 0.3) is 0 Å². The first-order chi connectivity index (χ1) is 14.5. The largest absolute Gasteiger partial charge is 0.338 e. The van der Waals surface area contributed by atoms with Crippen LogP contribution in [0.5, 0.6) is 0 Å². The van der Waals surface area contributed by atoms with Gasteiger partial charge in [0.15, 0.2) is 11.6 Å². The molecule has 2 aromatic heterocycles. The number of hydrogen-bond acceptors (Lipinski definition) is 5. The summed E-state index contributed by atoms with van der Waals surface area (Å²) in [5, 5.41) is 10.1. The Labute approximate surface area is 178 Å². The third-order valence-electron chi connectivity index (χ3n) is 5.13. The molecule has 2 N–H and O–H groups in total. The van der Waals surface area contributed by atoms with Crippen LogP contribution < -0.4 is 5.32 Å². The molecule has 0 aliphatic carbocycles. The summed E-state index contributed by atoms with van der Waals surface area (Å²) in [4.78, 5) is 23.4. The van der Waals surface area contributed by atoms with Crippen molar-refractivity contribution in [2.24, 2.45) is 5.92 Å². The van der Waals surface area contributed by atoms with Crippen LogP contribution in [0.1, 0.15) is 34.7 Å². The quantitative estimate of drug-likeness (QED) is 0.637. The van der Waals surface area contributed by atoms with Crippen LogP contribution in [0, 0.1) is 18.7 Å². The fourth-order valence-electron chi connectivity index (χ4n) is 3.69. The molecule has 0 radical (unpaired) electrons. The van der Waals surface area contributed by atoms with Crippen LogP contribution in [0.3, 0.4) is 0 Å². The molecular weight excluding hydrogens is 407 g/mol. The van der Waals surface area contributed by atoms with Crippen molar-refractivity contribution in [1.82, 2.24) is 25.1 Å². The van der Waals surface area contributed by atoms with E-state index in [1.54, 1.807) is 23.2 Å². The number of nitrogens with one attached hydrogen (secondary N) is 2. The molecule has 4 rings (SSSR count). The van der Waals surface area contributed by atoms with Crippen molar-refractivity contribution >= 4 is 29.1 Å². The zero-order chi connectivity index (χ0) is 21.1. The average molecular weight is 429 g/mol. The van der Waals surface area contributed by atoms with Gasteiger partial charge >= 0.3 is 0 Å². The molecule has 30 heavy (non-hydrogen) atoms. The molecule has 3 heterocycles. The number of H-pyrrole nitrogens is 1. The summed E-state index contributed by atoms with van der Waals surface area (Å²) in [5.41, 5.74) is 0.967. The first-order valence-corrected chi connectivity index (χ1v) is 10.2. The van der Waals surface area contributed by atoms with Gasteiger partial charge in [-0.15, -0.1) is 0 Å². The number of anilines is 2. The van der Waals surface area contributed by atoms with Gasteiger partial charge in [0.25, 0.3) is 5.91 Å². The first kappa shape index (κ1) is 20.3. The number of carbonyl (C=O) groups excluding carboxylic acids is 1. The summed E-state index contributed by atoms with van der Waals surface area (Å²) >= 11 is 5.83. The Morgan fingerprint density at radius 2 is 2.23 bits per heavy atom. The van der Waals surface area contributed by atoms with Crippen LogP contribution in [-0.2, 0) is 6.42 Å². The van der Waals surface area contributed by atoms with Crippen molar-refractivity contribution in [2.45, 2.75) is 26.2 Å². The maximum Gasteiger partial charge on any atom is 0.256 e. The van der Waals surface area contributed by atoms with Crippen molar-refractivity contribution < 1.29 is 9.18 Å². The smallest absolute Gasteiger partial charge is 0.256 e. The molecule has 3 aromatic rings. The maximum atomic E-state index is 14.3. The summed E-state index contributed by atoms with van der Waals surface area (Å²) in [7, 11) is 0. The topological polar surface area (TPSA) is 86.8 Å². The van der Waals surface area contributed by atoms with E-state index in [4.69, 9.17) is 11.6 Å². The van der Waals surface area contributed by atoms with Gasteiger partial charge in [-0.1, -0.05) is 17.7 Å². The number of aryl methyl sites for hydroxylation is 1. The molecule has 0 saturated carbocycles. The van der Waals surface area contributed by atoms with E-state index in [-0.39, 0.29) is 22.4 Å². The van der Waals surface area contributed by atoms with Crippen molar-refractivity contribution in [3.8, 4) is 0 Å². The zero-order valence-corrected chi connectivity index (χ0v) is 17.3. The number of benzene rings is 1. The van der Waals surface area contributed by atoms with E-state index >= 15 is 0 Å². The van der Waals surface area contributed by atoms with Crippen molar-refractivity contribution in [3.05, 3.63) is 64.5 Å². The molecule has 1 atom stereocenters. The lowest BCUT2D eigenvalue weighted by Gasteiger charge is -2.32. The Morgan fingerprint density at radius 3 is 3.03 bits per heavy atom. The van der Waals surface area contributed by atoms with Gasteiger partial charge < -0.3 is 10.2 Å². The van der Waals surface area contributed by atoms with Gasteiger partial charge in [-0.05, 0) is 43.9 Å². The second-order valence-corrected chi connectivity index (χ2v) is 7.89. The Balaban J connectivity index is 1.42. The highest BCUT2D eigenvalue weighted by Gasteiger charge is 2.27. The number of aromatic nitrogens is 4. The number of nitrogens with zero attached hydrogens (tertiary/aromatic N) is 4. The number of amides is 1. The molecule has 156 valence electrons. The Morgan fingerprint density at radius 1 is 1.37 bits per heavy atom. The average Bonchev–Trinajstić information content (AvgIpc) is 3.14. The third kappa shape index (κ3) is 4.59. The Kier molecular flexibility index (Phi) is 5.94. The summed E-state index contributed by atoms with van der Waals surface area (Å²) in [6.07, 6.45) is 4.15. The van der Waals surface area contributed by atoms with E-state index in [0.717, 1.165) is 18.5 Å². The molecule has 1 aliphatic heterocycles. The summed E-state index contributed by atoms with van der Waals surface area (Å²) in [6.45, 7) is 3.06. The lowest BCUT2D eigenvalue weighted by atomic mass is 9.94. The highest BCUT2D eigenvalue weighted by molar-refractivity contribution is 6.31. The lowest BCUT2D eigenvalue weighted by Crippen LogP contribution is -2.41. The van der Waals surface area contributed by atoms with E-state index < -0.39 is 5.82 Å². The van der Waals surface area contributed by atoms with E-state index in [1.165, 1.54) is 12.1 Å². The third-order valence-corrected chi connectivity index (χ3v) is 5.42. The van der Waals surface area contributed by atoms with Crippen LogP contribution in [0.15, 0.2) is 36.5 Å². The molecule has 0 spiro atoms. The summed E-state index contributed by atoms with van der Waals surface area (Å²) < 4.78 is 14.3. The second-order valence-electron chi connectivity index (χ2n) is 7.48. The molecule has 0 unspecified atom stereocenters. The van der Waals surface area contributed by atoms with Crippen molar-refractivity contribution in [3.63, 3.8) is 0 Å². The molecule has 1 amide bonds. The minimum atomic E-state index is -0.665. The normalized spacial score (nSPS) is 16.5. The van der Waals surface area contributed by atoms with Crippen LogP contribution in [0.2, 0.25) is 5.02 Å². The van der Waals surface area contributed by atoms with Crippen LogP contribution in [-0.4, -0.2) is 44.1 Å². The second kappa shape index (κ2) is 8.79. The predicted molar refractivity (Wildman–Crippen MR) is 112 cm³/mol. The van der Waals surface area contributed by atoms with Gasteiger partial charge in [0.2, 0.25) is 0 Å². The fourth-order valence-corrected chi connectivity index (χ4v) is 3.87. The van der Waals surface area contributed by atoms with E-state index in [1.807, 2.05) is 13.0 Å². The number of hydrogen-bond donors (Lipinski definition) is 2. The Hall–Kier alpha value is -3.00. The first-order valence-electron chi connectivity index (χ1n) is 9.84. The van der Waals surface area contributed by atoms with Crippen molar-refractivity contribution in [1.29, 1.82) is 0 Å². The van der Waals surface area contributed by atoms with Crippen LogP contribution in [0.4, 0.5) is 16.0 Å². The molecular formula is C21H22ClFN6O. The molecule has 1 fully saturated rings. The minimum Gasteiger partial charge on any atom is -0.338 e. The number of carbonyl (C=O) groups is 1. The monoisotopic (exact) mass is 428 g/mol. The van der Waals surface area contributed by atoms with E-state index in [2.05, 4.69) is 25.5 Å². The van der Waals surface area contributed by atoms with E-state index in [0.29, 0.717) is 37.0 Å². The fraction of sp³-hybridized carbons (Fsp3) is 0.333. The molecule has 1 saturated heterocycles. The molecule has 1 aliphatic rings. The Bertz CT molecular complexity index is 1060. The zero-order valence-electron chi connectivity index (χ0n) is 16.5. The van der Waals surface area contributed by atoms with Crippen LogP contribution >= 0.6 is 11.6 Å². The van der Waals surface area contributed by atoms with E-state index in [9.17, 15) is 9.18 Å². The van der Waals surface area contributed by atoms with Gasteiger partial charge in [-0.25, -0.2) is 14.4 Å². The number of halogens is 2. The predicted octanol–water partition coefficient (Wildman–Crippen LogP) is 4.14. The number of piperidine rings is 1. The summed E-state index contributed by atoms with van der Waals surface area (Å²) in [5.74, 6) is 1.26. The van der Waals surface area contributed by atoms with Crippen molar-refractivity contribution in [2.75, 3.05) is 18.4 Å². The highest BCUT2D eigenvalue weighted by atomic mass is 35.5. The summed E-state index contributed by atoms with van der Waals surface area (Å²) in [6, 6.07) is 8.18. The number of likely N-dealkylation sites (tertiary alicyclic amines) is 1. The standard InChI is InChI=1S/C21H22ClFN6O/c1-13-10-19(28-27-13)26-17-7-8-24-18(25-17)11-14-4-3-9-29(12-14)21(30)15-5-2-6-16(22)20(15)23/h2,5-8,10,14H,3-4,9,11-12H2,1H3,(H2,24,25,26,27,28)/t14-/m1/s1. The highest BCUT2D eigenvalue weighted by Crippen LogP contribution is 2.24. The maximum absolute atomic E-state index is 14.3. The lowest BCUT2D eigenvalue weighted by molar-refractivity contribution is 0.0667. The molecule has 1 aromatic carbocycles. The van der Waals surface area contributed by atoms with Gasteiger partial charge in [0, 0.05) is 37.5 Å². The minimum absolute atomic E-state index is 0.0138. The van der Waals surface area contributed by atoms with Gasteiger partial charge in [-0.2, -0.15) is 5.10 Å². The van der Waals surface area contributed by atoms with Gasteiger partial charge in [0.05, 0.1) is 10.6 Å². The van der Waals surface area contributed by atoms with Gasteiger partial charge in [-0.3, -0.25) is 9.89 Å². The molecule has 7 nitrogen and oxygen atoms in total. The SMILES string of the molecule is Cc1cc(Nc2ccnc(C[C@H]3CCCN(C(=O)c4cccc(Cl)c4F)C3)n2)n[nH]1. The van der Waals surface area contributed by atoms with Gasteiger partial charge in [0.1, 0.15) is 11.6 Å². The number of aromatic amines is 1. The molecule has 9 heteroatoms.